The van der Waals surface area contributed by atoms with Crippen molar-refractivity contribution in [3.05, 3.63) is 71.3 Å². The molecule has 6 nitrogen and oxygen atoms in total. The highest BCUT2D eigenvalue weighted by molar-refractivity contribution is 6.46. The second-order valence-electron chi connectivity index (χ2n) is 7.29. The number of Topliss-reactive ketones (excluding diaryl/α,β-unsaturated/α-hetero) is 1. The lowest BCUT2D eigenvalue weighted by molar-refractivity contribution is -0.139. The minimum Gasteiger partial charge on any atom is -0.507 e. The third-order valence-electron chi connectivity index (χ3n) is 5.02. The number of amides is 1. The number of hydrogen-bond acceptors (Lipinski definition) is 5. The minimum absolute atomic E-state index is 0.121. The van der Waals surface area contributed by atoms with Crippen molar-refractivity contribution in [2.75, 3.05) is 34.3 Å². The molecule has 0 saturated carbocycles. The van der Waals surface area contributed by atoms with E-state index in [0.29, 0.717) is 17.9 Å². The van der Waals surface area contributed by atoms with Gasteiger partial charge in [0.25, 0.3) is 11.7 Å². The molecule has 1 saturated heterocycles. The summed E-state index contributed by atoms with van der Waals surface area (Å²) in [7, 11) is 5.49. The molecule has 0 radical (unpaired) electrons. The van der Waals surface area contributed by atoms with Crippen molar-refractivity contribution >= 4 is 17.4 Å². The van der Waals surface area contributed by atoms with Gasteiger partial charge in [0.05, 0.1) is 18.7 Å². The van der Waals surface area contributed by atoms with Crippen molar-refractivity contribution in [1.82, 2.24) is 9.80 Å². The van der Waals surface area contributed by atoms with Gasteiger partial charge in [0.2, 0.25) is 0 Å². The Morgan fingerprint density at radius 3 is 2.31 bits per heavy atom. The van der Waals surface area contributed by atoms with Gasteiger partial charge >= 0.3 is 0 Å². The number of ether oxygens (including phenoxy) is 1. The first kappa shape index (κ1) is 20.6. The first-order chi connectivity index (χ1) is 13.9. The molecule has 0 unspecified atom stereocenters. The second kappa shape index (κ2) is 8.92. The van der Waals surface area contributed by atoms with E-state index in [2.05, 4.69) is 0 Å². The number of carbonyl (C=O) groups is 2. The van der Waals surface area contributed by atoms with Gasteiger partial charge in [-0.2, -0.15) is 0 Å². The molecular weight excluding hydrogens is 368 g/mol. The van der Waals surface area contributed by atoms with E-state index in [1.807, 2.05) is 49.3 Å². The summed E-state index contributed by atoms with van der Waals surface area (Å²) in [5.74, 6) is -0.759. The van der Waals surface area contributed by atoms with Crippen LogP contribution in [0.4, 0.5) is 0 Å². The zero-order valence-electron chi connectivity index (χ0n) is 17.0. The average Bonchev–Trinajstić information content (AvgIpc) is 2.98. The van der Waals surface area contributed by atoms with E-state index < -0.39 is 17.7 Å². The van der Waals surface area contributed by atoms with Crippen LogP contribution in [0.1, 0.15) is 23.6 Å². The highest BCUT2D eigenvalue weighted by atomic mass is 16.5. The molecule has 1 fully saturated rings. The Balaban J connectivity index is 2.05. The maximum atomic E-state index is 12.9. The number of methoxy groups -OCH3 is 1. The van der Waals surface area contributed by atoms with E-state index in [1.165, 1.54) is 0 Å². The molecule has 0 bridgehead atoms. The standard InChI is InChI=1S/C23H26N2O4/c1-24(2)14-7-15-25-20(16-8-5-4-6-9-16)19(22(27)23(25)28)21(26)17-10-12-18(29-3)13-11-17/h4-6,8-13,20,26H,7,14-15H2,1-3H3/t20-/m1/s1. The Labute approximate surface area is 171 Å². The van der Waals surface area contributed by atoms with Crippen molar-refractivity contribution in [3.8, 4) is 5.75 Å². The summed E-state index contributed by atoms with van der Waals surface area (Å²) in [4.78, 5) is 29.3. The Bertz CT molecular complexity index is 904. The number of ketones is 1. The molecule has 0 aliphatic carbocycles. The Morgan fingerprint density at radius 1 is 1.07 bits per heavy atom. The van der Waals surface area contributed by atoms with Crippen LogP contribution in [-0.4, -0.2) is 60.9 Å². The van der Waals surface area contributed by atoms with Gasteiger partial charge in [-0.25, -0.2) is 0 Å². The molecule has 1 heterocycles. The van der Waals surface area contributed by atoms with E-state index in [-0.39, 0.29) is 11.3 Å². The van der Waals surface area contributed by atoms with Gasteiger partial charge in [0.15, 0.2) is 0 Å². The van der Waals surface area contributed by atoms with Crippen molar-refractivity contribution in [2.45, 2.75) is 12.5 Å². The molecule has 1 amide bonds. The molecule has 6 heteroatoms. The first-order valence-corrected chi connectivity index (χ1v) is 9.56. The number of aliphatic hydroxyl groups is 1. The molecule has 2 aromatic rings. The Hall–Kier alpha value is -3.12. The van der Waals surface area contributed by atoms with Crippen LogP contribution in [0.25, 0.3) is 5.76 Å². The van der Waals surface area contributed by atoms with Gasteiger partial charge in [-0.05, 0) is 56.9 Å². The highest BCUT2D eigenvalue weighted by Gasteiger charge is 2.45. The maximum absolute atomic E-state index is 12.9. The lowest BCUT2D eigenvalue weighted by Crippen LogP contribution is -2.32. The zero-order valence-corrected chi connectivity index (χ0v) is 17.0. The number of rotatable bonds is 7. The molecular formula is C23H26N2O4. The van der Waals surface area contributed by atoms with Crippen molar-refractivity contribution < 1.29 is 19.4 Å². The van der Waals surface area contributed by atoms with E-state index >= 15 is 0 Å². The number of carbonyl (C=O) groups excluding carboxylic acids is 2. The normalized spacial score (nSPS) is 18.5. The summed E-state index contributed by atoms with van der Waals surface area (Å²) < 4.78 is 5.15. The van der Waals surface area contributed by atoms with Crippen LogP contribution in [0.15, 0.2) is 60.2 Å². The van der Waals surface area contributed by atoms with Crippen LogP contribution < -0.4 is 4.74 Å². The monoisotopic (exact) mass is 394 g/mol. The van der Waals surface area contributed by atoms with Crippen LogP contribution in [0.3, 0.4) is 0 Å². The molecule has 3 rings (SSSR count). The largest absolute Gasteiger partial charge is 0.507 e. The van der Waals surface area contributed by atoms with Gasteiger partial charge < -0.3 is 19.6 Å². The predicted molar refractivity (Wildman–Crippen MR) is 112 cm³/mol. The summed E-state index contributed by atoms with van der Waals surface area (Å²) >= 11 is 0. The lowest BCUT2D eigenvalue weighted by atomic mass is 9.95. The third-order valence-corrected chi connectivity index (χ3v) is 5.02. The quantitative estimate of drug-likeness (QED) is 0.444. The summed E-state index contributed by atoms with van der Waals surface area (Å²) in [6, 6.07) is 15.5. The van der Waals surface area contributed by atoms with Gasteiger partial charge in [0.1, 0.15) is 11.5 Å². The van der Waals surface area contributed by atoms with E-state index in [4.69, 9.17) is 4.74 Å². The third kappa shape index (κ3) is 4.32. The summed E-state index contributed by atoms with van der Waals surface area (Å²) in [6.45, 7) is 1.23. The van der Waals surface area contributed by atoms with Crippen molar-refractivity contribution in [3.63, 3.8) is 0 Å². The highest BCUT2D eigenvalue weighted by Crippen LogP contribution is 2.39. The van der Waals surface area contributed by atoms with Crippen LogP contribution in [0.2, 0.25) is 0 Å². The van der Waals surface area contributed by atoms with Crippen LogP contribution in [0, 0.1) is 0 Å². The lowest BCUT2D eigenvalue weighted by Gasteiger charge is -2.26. The summed E-state index contributed by atoms with van der Waals surface area (Å²) in [6.07, 6.45) is 0.728. The molecule has 1 aliphatic rings. The van der Waals surface area contributed by atoms with Crippen LogP contribution in [-0.2, 0) is 9.59 Å². The molecule has 1 aliphatic heterocycles. The number of nitrogens with zero attached hydrogens (tertiary/aromatic N) is 2. The SMILES string of the molecule is COc1ccc(C(O)=C2C(=O)C(=O)N(CCCN(C)C)[C@@H]2c2ccccc2)cc1. The van der Waals surface area contributed by atoms with Gasteiger partial charge in [-0.15, -0.1) is 0 Å². The van der Waals surface area contributed by atoms with Gasteiger partial charge in [-0.1, -0.05) is 30.3 Å². The molecule has 1 atom stereocenters. The topological polar surface area (TPSA) is 70.1 Å². The predicted octanol–water partition coefficient (Wildman–Crippen LogP) is 3.07. The van der Waals surface area contributed by atoms with Gasteiger partial charge in [0, 0.05) is 12.1 Å². The number of benzene rings is 2. The number of likely N-dealkylation sites (tertiary alicyclic amines) is 1. The average molecular weight is 394 g/mol. The van der Waals surface area contributed by atoms with Crippen LogP contribution in [0.5, 0.6) is 5.75 Å². The summed E-state index contributed by atoms with van der Waals surface area (Å²) in [5.41, 5.74) is 1.39. The number of hydrogen-bond donors (Lipinski definition) is 1. The molecule has 2 aromatic carbocycles. The molecule has 1 N–H and O–H groups in total. The van der Waals surface area contributed by atoms with E-state index in [1.54, 1.807) is 36.3 Å². The number of aliphatic hydroxyl groups excluding tert-OH is 1. The fourth-order valence-corrected chi connectivity index (χ4v) is 3.55. The van der Waals surface area contributed by atoms with E-state index in [0.717, 1.165) is 18.5 Å². The smallest absolute Gasteiger partial charge is 0.295 e. The van der Waals surface area contributed by atoms with Gasteiger partial charge in [-0.3, -0.25) is 9.59 Å². The molecule has 152 valence electrons. The van der Waals surface area contributed by atoms with E-state index in [9.17, 15) is 14.7 Å². The Morgan fingerprint density at radius 2 is 1.72 bits per heavy atom. The van der Waals surface area contributed by atoms with Crippen molar-refractivity contribution in [2.24, 2.45) is 0 Å². The Kier molecular flexibility index (Phi) is 6.34. The minimum atomic E-state index is -0.656. The first-order valence-electron chi connectivity index (χ1n) is 9.56. The zero-order chi connectivity index (χ0) is 21.0. The molecule has 29 heavy (non-hydrogen) atoms. The van der Waals surface area contributed by atoms with Crippen molar-refractivity contribution in [1.29, 1.82) is 0 Å². The molecule has 0 aromatic heterocycles. The molecule has 0 spiro atoms. The maximum Gasteiger partial charge on any atom is 0.295 e. The van der Waals surface area contributed by atoms with Crippen LogP contribution >= 0.6 is 0 Å². The summed E-state index contributed by atoms with van der Waals surface area (Å²) in [5, 5.41) is 11.0. The second-order valence-corrected chi connectivity index (χ2v) is 7.29. The fraction of sp³-hybridized carbons (Fsp3) is 0.304. The fourth-order valence-electron chi connectivity index (χ4n) is 3.55.